The molecule has 1 N–H and O–H groups in total. The van der Waals surface area contributed by atoms with E-state index < -0.39 is 9.84 Å². The van der Waals surface area contributed by atoms with Gasteiger partial charge in [0.05, 0.1) is 23.2 Å². The molecule has 1 saturated heterocycles. The first-order chi connectivity index (χ1) is 11.0. The number of amides is 1. The van der Waals surface area contributed by atoms with Gasteiger partial charge in [0, 0.05) is 6.04 Å². The van der Waals surface area contributed by atoms with Crippen LogP contribution in [-0.4, -0.2) is 47.8 Å². The largest absolute Gasteiger partial charge is 0.416 e. The number of nitrogens with zero attached hydrogens (tertiary/aromatic N) is 2. The molecule has 128 valence electrons. The molecule has 1 unspecified atom stereocenters. The van der Waals surface area contributed by atoms with Crippen molar-refractivity contribution >= 4 is 27.5 Å². The Hall–Kier alpha value is -1.09. The van der Waals surface area contributed by atoms with Crippen molar-refractivity contribution < 1.29 is 17.6 Å². The predicted octanol–water partition coefficient (Wildman–Crippen LogP) is 1.51. The number of carbonyl (C=O) groups excluding carboxylic acids is 1. The van der Waals surface area contributed by atoms with Crippen LogP contribution in [0, 0.1) is 0 Å². The summed E-state index contributed by atoms with van der Waals surface area (Å²) in [6.45, 7) is 0. The zero-order valence-corrected chi connectivity index (χ0v) is 14.5. The highest BCUT2D eigenvalue weighted by Crippen LogP contribution is 2.29. The van der Waals surface area contributed by atoms with Gasteiger partial charge in [0.25, 0.3) is 5.22 Å². The number of sulfone groups is 1. The van der Waals surface area contributed by atoms with Gasteiger partial charge in [-0.05, 0) is 19.3 Å². The van der Waals surface area contributed by atoms with Crippen LogP contribution in [-0.2, 0) is 14.6 Å². The molecule has 9 heteroatoms. The van der Waals surface area contributed by atoms with Crippen LogP contribution >= 0.6 is 11.8 Å². The van der Waals surface area contributed by atoms with Crippen LogP contribution in [0.1, 0.15) is 50.3 Å². The van der Waals surface area contributed by atoms with Crippen molar-refractivity contribution in [1.29, 1.82) is 0 Å². The van der Waals surface area contributed by atoms with Crippen molar-refractivity contribution in [3.8, 4) is 0 Å². The molecule has 1 aliphatic heterocycles. The van der Waals surface area contributed by atoms with Gasteiger partial charge in [-0.25, -0.2) is 8.42 Å². The normalized spacial score (nSPS) is 24.6. The molecule has 1 amide bonds. The summed E-state index contributed by atoms with van der Waals surface area (Å²) >= 11 is 1.19. The Kier molecular flexibility index (Phi) is 5.25. The number of aromatic nitrogens is 2. The van der Waals surface area contributed by atoms with E-state index in [1.54, 1.807) is 0 Å². The van der Waals surface area contributed by atoms with Crippen molar-refractivity contribution in [3.63, 3.8) is 0 Å². The van der Waals surface area contributed by atoms with Gasteiger partial charge < -0.3 is 9.73 Å². The Morgan fingerprint density at radius 2 is 2.00 bits per heavy atom. The quantitative estimate of drug-likeness (QED) is 0.795. The third-order valence-corrected chi connectivity index (χ3v) is 6.89. The first-order valence-corrected chi connectivity index (χ1v) is 10.8. The van der Waals surface area contributed by atoms with Gasteiger partial charge in [0.2, 0.25) is 11.8 Å². The third kappa shape index (κ3) is 4.69. The molecule has 7 nitrogen and oxygen atoms in total. The SMILES string of the molecule is O=C(CSc1nnc(C2CCS(=O)(=O)C2)o1)NC1CCCCC1. The number of hydrogen-bond acceptors (Lipinski definition) is 7. The lowest BCUT2D eigenvalue weighted by atomic mass is 9.95. The van der Waals surface area contributed by atoms with Crippen molar-refractivity contribution in [1.82, 2.24) is 15.5 Å². The van der Waals surface area contributed by atoms with Crippen LogP contribution in [0.3, 0.4) is 0 Å². The van der Waals surface area contributed by atoms with Gasteiger partial charge in [-0.15, -0.1) is 10.2 Å². The van der Waals surface area contributed by atoms with Gasteiger partial charge in [0.1, 0.15) is 0 Å². The molecule has 1 saturated carbocycles. The van der Waals surface area contributed by atoms with E-state index in [4.69, 9.17) is 4.42 Å². The van der Waals surface area contributed by atoms with Crippen LogP contribution < -0.4 is 5.32 Å². The van der Waals surface area contributed by atoms with Crippen molar-refractivity contribution in [2.75, 3.05) is 17.3 Å². The van der Waals surface area contributed by atoms with Gasteiger partial charge in [0.15, 0.2) is 9.84 Å². The fraction of sp³-hybridized carbons (Fsp3) is 0.786. The summed E-state index contributed by atoms with van der Waals surface area (Å²) in [6.07, 6.45) is 6.24. The molecule has 0 aromatic carbocycles. The molecule has 1 aromatic rings. The maximum Gasteiger partial charge on any atom is 0.277 e. The van der Waals surface area contributed by atoms with E-state index in [1.807, 2.05) is 0 Å². The lowest BCUT2D eigenvalue weighted by molar-refractivity contribution is -0.119. The Labute approximate surface area is 139 Å². The van der Waals surface area contributed by atoms with E-state index in [0.29, 0.717) is 23.6 Å². The molecule has 1 aliphatic carbocycles. The van der Waals surface area contributed by atoms with Crippen LogP contribution in [0.4, 0.5) is 0 Å². The molecular weight excluding hydrogens is 338 g/mol. The summed E-state index contributed by atoms with van der Waals surface area (Å²) in [5.74, 6) is 0.610. The van der Waals surface area contributed by atoms with Crippen molar-refractivity contribution in [2.45, 2.75) is 55.7 Å². The first-order valence-electron chi connectivity index (χ1n) is 7.98. The Morgan fingerprint density at radius 1 is 1.22 bits per heavy atom. The average Bonchev–Trinajstić information content (AvgIpc) is 3.12. The summed E-state index contributed by atoms with van der Waals surface area (Å²) in [5, 5.41) is 11.2. The second-order valence-electron chi connectivity index (χ2n) is 6.20. The van der Waals surface area contributed by atoms with Gasteiger partial charge in [-0.3, -0.25) is 4.79 Å². The van der Waals surface area contributed by atoms with Crippen molar-refractivity contribution in [2.24, 2.45) is 0 Å². The second kappa shape index (κ2) is 7.21. The fourth-order valence-corrected chi connectivity index (χ4v) is 5.39. The summed E-state index contributed by atoms with van der Waals surface area (Å²) < 4.78 is 28.5. The highest BCUT2D eigenvalue weighted by Gasteiger charge is 2.32. The van der Waals surface area contributed by atoms with E-state index in [-0.39, 0.29) is 29.1 Å². The number of rotatable bonds is 5. The minimum Gasteiger partial charge on any atom is -0.416 e. The maximum atomic E-state index is 11.9. The van der Waals surface area contributed by atoms with Crippen LogP contribution in [0.5, 0.6) is 0 Å². The number of carbonyl (C=O) groups is 1. The predicted molar refractivity (Wildman–Crippen MR) is 86.0 cm³/mol. The van der Waals surface area contributed by atoms with Gasteiger partial charge >= 0.3 is 0 Å². The fourth-order valence-electron chi connectivity index (χ4n) is 3.08. The average molecular weight is 359 g/mol. The molecule has 2 aliphatic rings. The molecule has 1 atom stereocenters. The number of hydrogen-bond donors (Lipinski definition) is 1. The van der Waals surface area contributed by atoms with E-state index in [9.17, 15) is 13.2 Å². The minimum absolute atomic E-state index is 0.0231. The standard InChI is InChI=1S/C14H21N3O4S2/c18-12(15-11-4-2-1-3-5-11)8-22-14-17-16-13(21-14)10-6-7-23(19,20)9-10/h10-11H,1-9H2,(H,15,18). The summed E-state index contributed by atoms with van der Waals surface area (Å²) in [7, 11) is -2.98. The van der Waals surface area contributed by atoms with Gasteiger partial charge in [-0.2, -0.15) is 0 Å². The lowest BCUT2D eigenvalue weighted by Crippen LogP contribution is -2.37. The smallest absolute Gasteiger partial charge is 0.277 e. The van der Waals surface area contributed by atoms with E-state index in [0.717, 1.165) is 12.8 Å². The minimum atomic E-state index is -2.98. The summed E-state index contributed by atoms with van der Waals surface area (Å²) in [4.78, 5) is 11.9. The Morgan fingerprint density at radius 3 is 2.70 bits per heavy atom. The summed E-state index contributed by atoms with van der Waals surface area (Å²) in [5.41, 5.74) is 0. The molecule has 2 heterocycles. The van der Waals surface area contributed by atoms with Crippen LogP contribution in [0.15, 0.2) is 9.64 Å². The number of thioether (sulfide) groups is 1. The molecule has 3 rings (SSSR count). The molecule has 1 aromatic heterocycles. The summed E-state index contributed by atoms with van der Waals surface area (Å²) in [6, 6.07) is 0.291. The van der Waals surface area contributed by atoms with Gasteiger partial charge in [-0.1, -0.05) is 31.0 Å². The first kappa shape index (κ1) is 16.8. The monoisotopic (exact) mass is 359 g/mol. The number of nitrogens with one attached hydrogen (secondary N) is 1. The second-order valence-corrected chi connectivity index (χ2v) is 9.35. The molecule has 0 bridgehead atoms. The topological polar surface area (TPSA) is 102 Å². The lowest BCUT2D eigenvalue weighted by Gasteiger charge is -2.22. The molecule has 23 heavy (non-hydrogen) atoms. The highest BCUT2D eigenvalue weighted by molar-refractivity contribution is 7.99. The van der Waals surface area contributed by atoms with E-state index in [1.165, 1.54) is 31.0 Å². The molecule has 0 radical (unpaired) electrons. The Bertz CT molecular complexity index is 653. The van der Waals surface area contributed by atoms with Crippen LogP contribution in [0.25, 0.3) is 0 Å². The third-order valence-electron chi connectivity index (χ3n) is 4.30. The molecule has 2 fully saturated rings. The zero-order chi connectivity index (χ0) is 16.3. The zero-order valence-electron chi connectivity index (χ0n) is 12.9. The van der Waals surface area contributed by atoms with E-state index in [2.05, 4.69) is 15.5 Å². The van der Waals surface area contributed by atoms with Crippen molar-refractivity contribution in [3.05, 3.63) is 5.89 Å². The molecule has 0 spiro atoms. The highest BCUT2D eigenvalue weighted by atomic mass is 32.2. The maximum absolute atomic E-state index is 11.9. The Balaban J connectivity index is 1.46. The van der Waals surface area contributed by atoms with Crippen LogP contribution in [0.2, 0.25) is 0 Å². The van der Waals surface area contributed by atoms with E-state index >= 15 is 0 Å². The molecular formula is C14H21N3O4S2.